The van der Waals surface area contributed by atoms with Crippen LogP contribution in [0.25, 0.3) is 0 Å². The molecule has 0 radical (unpaired) electrons. The highest BCUT2D eigenvalue weighted by Crippen LogP contribution is 2.18. The average molecular weight is 278 g/mol. The van der Waals surface area contributed by atoms with Crippen LogP contribution in [-0.4, -0.2) is 15.8 Å². The van der Waals surface area contributed by atoms with Crippen molar-refractivity contribution in [3.63, 3.8) is 0 Å². The molecule has 0 unspecified atom stereocenters. The van der Waals surface area contributed by atoms with Crippen LogP contribution >= 0.6 is 11.6 Å². The second kappa shape index (κ2) is 6.22. The Morgan fingerprint density at radius 1 is 1.37 bits per heavy atom. The monoisotopic (exact) mass is 277 g/mol. The van der Waals surface area contributed by atoms with Crippen molar-refractivity contribution < 1.29 is 0 Å². The van der Waals surface area contributed by atoms with Gasteiger partial charge in [0.1, 0.15) is 0 Å². The summed E-state index contributed by atoms with van der Waals surface area (Å²) in [4.78, 5) is 0. The molecule has 0 aliphatic rings. The van der Waals surface area contributed by atoms with Crippen molar-refractivity contribution in [3.8, 4) is 0 Å². The summed E-state index contributed by atoms with van der Waals surface area (Å²) in [5.41, 5.74) is 3.46. The summed E-state index contributed by atoms with van der Waals surface area (Å²) in [6.45, 7) is 7.87. The van der Waals surface area contributed by atoms with Crippen LogP contribution < -0.4 is 5.32 Å². The Morgan fingerprint density at radius 2 is 2.16 bits per heavy atom. The molecule has 4 heteroatoms. The molecule has 1 heterocycles. The third kappa shape index (κ3) is 4.08. The van der Waals surface area contributed by atoms with Gasteiger partial charge in [0.15, 0.2) is 0 Å². The summed E-state index contributed by atoms with van der Waals surface area (Å²) in [7, 11) is 0. The van der Waals surface area contributed by atoms with E-state index in [0.717, 1.165) is 17.1 Å². The first kappa shape index (κ1) is 14.1. The van der Waals surface area contributed by atoms with Crippen molar-refractivity contribution in [1.82, 2.24) is 15.1 Å². The SMILES string of the molecule is Cc1ccc(Cn2cc(CNC(C)C)cn2)c(Cl)c1. The summed E-state index contributed by atoms with van der Waals surface area (Å²) < 4.78 is 1.92. The van der Waals surface area contributed by atoms with Crippen molar-refractivity contribution in [2.24, 2.45) is 0 Å². The average Bonchev–Trinajstić information content (AvgIpc) is 2.78. The van der Waals surface area contributed by atoms with Crippen molar-refractivity contribution in [2.45, 2.75) is 39.9 Å². The molecule has 0 atom stereocenters. The minimum Gasteiger partial charge on any atom is -0.310 e. The Bertz CT molecular complexity index is 546. The first-order chi connectivity index (χ1) is 9.04. The molecule has 0 aliphatic carbocycles. The molecular weight excluding hydrogens is 258 g/mol. The van der Waals surface area contributed by atoms with Gasteiger partial charge in [0, 0.05) is 29.4 Å². The molecule has 2 rings (SSSR count). The number of benzene rings is 1. The molecule has 0 aliphatic heterocycles. The first-order valence-corrected chi connectivity index (χ1v) is 6.92. The maximum absolute atomic E-state index is 6.24. The molecule has 0 amide bonds. The number of nitrogens with one attached hydrogen (secondary N) is 1. The number of halogens is 1. The number of rotatable bonds is 5. The summed E-state index contributed by atoms with van der Waals surface area (Å²) in [6, 6.07) is 6.61. The van der Waals surface area contributed by atoms with Crippen molar-refractivity contribution in [1.29, 1.82) is 0 Å². The molecular formula is C15H20ClN3. The second-order valence-electron chi connectivity index (χ2n) is 5.18. The van der Waals surface area contributed by atoms with Crippen molar-refractivity contribution in [2.75, 3.05) is 0 Å². The zero-order valence-electron chi connectivity index (χ0n) is 11.7. The highest BCUT2D eigenvalue weighted by atomic mass is 35.5. The Hall–Kier alpha value is -1.32. The van der Waals surface area contributed by atoms with E-state index in [-0.39, 0.29) is 0 Å². The maximum atomic E-state index is 6.24. The van der Waals surface area contributed by atoms with Crippen LogP contribution in [0.2, 0.25) is 5.02 Å². The van der Waals surface area contributed by atoms with E-state index in [1.54, 1.807) is 0 Å². The van der Waals surface area contributed by atoms with Crippen LogP contribution in [0.15, 0.2) is 30.6 Å². The Labute approximate surface area is 119 Å². The largest absolute Gasteiger partial charge is 0.310 e. The van der Waals surface area contributed by atoms with E-state index in [1.807, 2.05) is 23.9 Å². The van der Waals surface area contributed by atoms with Gasteiger partial charge in [-0.15, -0.1) is 0 Å². The number of aromatic nitrogens is 2. The second-order valence-corrected chi connectivity index (χ2v) is 5.58. The maximum Gasteiger partial charge on any atom is 0.0674 e. The molecule has 1 N–H and O–H groups in total. The zero-order valence-corrected chi connectivity index (χ0v) is 12.4. The molecule has 1 aromatic heterocycles. The molecule has 0 fully saturated rings. The summed E-state index contributed by atoms with van der Waals surface area (Å²) in [6.07, 6.45) is 3.96. The topological polar surface area (TPSA) is 29.9 Å². The van der Waals surface area contributed by atoms with Gasteiger partial charge in [-0.3, -0.25) is 4.68 Å². The number of hydrogen-bond acceptors (Lipinski definition) is 2. The lowest BCUT2D eigenvalue weighted by molar-refractivity contribution is 0.588. The highest BCUT2D eigenvalue weighted by molar-refractivity contribution is 6.31. The molecule has 102 valence electrons. The fourth-order valence-corrected chi connectivity index (χ4v) is 2.16. The van der Waals surface area contributed by atoms with Crippen LogP contribution in [-0.2, 0) is 13.1 Å². The molecule has 0 saturated heterocycles. The van der Waals surface area contributed by atoms with E-state index in [0.29, 0.717) is 12.6 Å². The van der Waals surface area contributed by atoms with Gasteiger partial charge in [0.05, 0.1) is 12.7 Å². The molecule has 3 nitrogen and oxygen atoms in total. The Morgan fingerprint density at radius 3 is 2.84 bits per heavy atom. The fraction of sp³-hybridized carbons (Fsp3) is 0.400. The van der Waals surface area contributed by atoms with Gasteiger partial charge in [0.2, 0.25) is 0 Å². The molecule has 1 aromatic carbocycles. The van der Waals surface area contributed by atoms with Gasteiger partial charge in [-0.05, 0) is 24.1 Å². The van der Waals surface area contributed by atoms with Gasteiger partial charge in [-0.2, -0.15) is 5.10 Å². The molecule has 2 aromatic rings. The fourth-order valence-electron chi connectivity index (χ4n) is 1.86. The molecule has 0 bridgehead atoms. The van der Waals surface area contributed by atoms with Crippen LogP contribution in [0, 0.1) is 6.92 Å². The predicted octanol–water partition coefficient (Wildman–Crippen LogP) is 3.39. The lowest BCUT2D eigenvalue weighted by atomic mass is 10.1. The van der Waals surface area contributed by atoms with Crippen molar-refractivity contribution in [3.05, 3.63) is 52.3 Å². The zero-order chi connectivity index (χ0) is 13.8. The quantitative estimate of drug-likeness (QED) is 0.908. The van der Waals surface area contributed by atoms with Crippen LogP contribution in [0.5, 0.6) is 0 Å². The highest BCUT2D eigenvalue weighted by Gasteiger charge is 2.04. The van der Waals surface area contributed by atoms with E-state index in [2.05, 4.69) is 42.6 Å². The third-order valence-corrected chi connectivity index (χ3v) is 3.29. The molecule has 0 spiro atoms. The van der Waals surface area contributed by atoms with Crippen molar-refractivity contribution >= 4 is 11.6 Å². The Balaban J connectivity index is 2.03. The lowest BCUT2D eigenvalue weighted by Gasteiger charge is -2.06. The van der Waals surface area contributed by atoms with Gasteiger partial charge in [-0.1, -0.05) is 37.6 Å². The Kier molecular flexibility index (Phi) is 4.61. The van der Waals surface area contributed by atoms with Gasteiger partial charge >= 0.3 is 0 Å². The van der Waals surface area contributed by atoms with Crippen LogP contribution in [0.4, 0.5) is 0 Å². The number of aryl methyl sites for hydroxylation is 1. The minimum absolute atomic E-state index is 0.481. The van der Waals surface area contributed by atoms with E-state index < -0.39 is 0 Å². The number of nitrogens with zero attached hydrogens (tertiary/aromatic N) is 2. The standard InChI is InChI=1S/C15H20ClN3/c1-11(2)17-7-13-8-18-19(9-13)10-14-5-4-12(3)6-15(14)16/h4-6,8-9,11,17H,7,10H2,1-3H3. The van der Waals surface area contributed by atoms with E-state index in [1.165, 1.54) is 11.1 Å². The number of hydrogen-bond donors (Lipinski definition) is 1. The summed E-state index contributed by atoms with van der Waals surface area (Å²) >= 11 is 6.24. The third-order valence-electron chi connectivity index (χ3n) is 2.94. The predicted molar refractivity (Wildman–Crippen MR) is 79.5 cm³/mol. The summed E-state index contributed by atoms with van der Waals surface area (Å²) in [5, 5.41) is 8.55. The first-order valence-electron chi connectivity index (χ1n) is 6.54. The molecule has 19 heavy (non-hydrogen) atoms. The van der Waals surface area contributed by atoms with Gasteiger partial charge in [0.25, 0.3) is 0 Å². The smallest absolute Gasteiger partial charge is 0.0674 e. The minimum atomic E-state index is 0.481. The van der Waals surface area contributed by atoms with Crippen LogP contribution in [0.1, 0.15) is 30.5 Å². The van der Waals surface area contributed by atoms with Gasteiger partial charge in [-0.25, -0.2) is 0 Å². The molecule has 0 saturated carbocycles. The van der Waals surface area contributed by atoms with E-state index >= 15 is 0 Å². The van der Waals surface area contributed by atoms with Crippen LogP contribution in [0.3, 0.4) is 0 Å². The van der Waals surface area contributed by atoms with E-state index in [4.69, 9.17) is 11.6 Å². The van der Waals surface area contributed by atoms with E-state index in [9.17, 15) is 0 Å². The normalized spacial score (nSPS) is 11.2. The lowest BCUT2D eigenvalue weighted by Crippen LogP contribution is -2.21. The van der Waals surface area contributed by atoms with Gasteiger partial charge < -0.3 is 5.32 Å². The summed E-state index contributed by atoms with van der Waals surface area (Å²) in [5.74, 6) is 0.